The van der Waals surface area contributed by atoms with Gasteiger partial charge in [0.1, 0.15) is 5.75 Å². The lowest BCUT2D eigenvalue weighted by Gasteiger charge is -2.10. The van der Waals surface area contributed by atoms with Crippen LogP contribution in [0.1, 0.15) is 18.1 Å². The number of ether oxygens (including phenoxy) is 1. The van der Waals surface area contributed by atoms with Crippen molar-refractivity contribution in [2.24, 2.45) is 0 Å². The summed E-state index contributed by atoms with van der Waals surface area (Å²) in [5, 5.41) is 0. The topological polar surface area (TPSA) is 57.9 Å². The number of hydrogen-bond acceptors (Lipinski definition) is 3. The van der Waals surface area contributed by atoms with E-state index in [0.717, 1.165) is 22.6 Å². The van der Waals surface area contributed by atoms with E-state index in [9.17, 15) is 4.79 Å². The van der Waals surface area contributed by atoms with Crippen molar-refractivity contribution in [1.29, 1.82) is 0 Å². The average molecular weight is 338 g/mol. The molecule has 1 heterocycles. The number of H-pyrrole nitrogens is 2. The number of hydrogen-bond donors (Lipinski definition) is 2. The second kappa shape index (κ2) is 7.27. The first-order valence-electron chi connectivity index (χ1n) is 7.80. The van der Waals surface area contributed by atoms with E-state index in [1.807, 2.05) is 61.5 Å². The molecule has 2 aromatic carbocycles. The summed E-state index contributed by atoms with van der Waals surface area (Å²) in [7, 11) is 0. The molecule has 3 rings (SSSR count). The number of benzene rings is 2. The van der Waals surface area contributed by atoms with Crippen molar-refractivity contribution in [3.63, 3.8) is 0 Å². The molecule has 0 saturated carbocycles. The minimum absolute atomic E-state index is 0.167. The highest BCUT2D eigenvalue weighted by Crippen LogP contribution is 2.22. The van der Waals surface area contributed by atoms with Gasteiger partial charge in [0, 0.05) is 12.0 Å². The Morgan fingerprint density at radius 2 is 1.83 bits per heavy atom. The zero-order valence-corrected chi connectivity index (χ0v) is 14.2. The van der Waals surface area contributed by atoms with Gasteiger partial charge in [-0.15, -0.1) is 0 Å². The maximum absolute atomic E-state index is 12.5. The van der Waals surface area contributed by atoms with Gasteiger partial charge in [-0.25, -0.2) is 0 Å². The highest BCUT2D eigenvalue weighted by molar-refractivity contribution is 7.71. The molecule has 2 N–H and O–H groups in total. The van der Waals surface area contributed by atoms with Gasteiger partial charge >= 0.3 is 0 Å². The Balaban J connectivity index is 2.06. The minimum Gasteiger partial charge on any atom is -0.494 e. The molecular formula is C19H18N2O2S. The summed E-state index contributed by atoms with van der Waals surface area (Å²) in [5.74, 6) is 0.802. The van der Waals surface area contributed by atoms with Gasteiger partial charge in [-0.1, -0.05) is 42.5 Å². The largest absolute Gasteiger partial charge is 0.494 e. The first-order chi connectivity index (χ1) is 11.7. The number of aromatic nitrogens is 2. The predicted molar refractivity (Wildman–Crippen MR) is 98.1 cm³/mol. The molecule has 0 aliphatic rings. The molecule has 1 aromatic heterocycles. The number of nitrogens with one attached hydrogen (secondary N) is 2. The normalized spacial score (nSPS) is 10.5. The lowest BCUT2D eigenvalue weighted by Crippen LogP contribution is -2.16. The molecule has 0 saturated heterocycles. The van der Waals surface area contributed by atoms with Gasteiger partial charge in [0.25, 0.3) is 5.56 Å². The third-order valence-corrected chi connectivity index (χ3v) is 3.90. The fourth-order valence-corrected chi connectivity index (χ4v) is 2.84. The third-order valence-electron chi connectivity index (χ3n) is 3.69. The van der Waals surface area contributed by atoms with Crippen LogP contribution in [0.3, 0.4) is 0 Å². The SMILES string of the molecule is CCOc1cccc(Cc2c(-c3ccccc3)[nH]c(=S)[nH]c2=O)c1. The summed E-state index contributed by atoms with van der Waals surface area (Å²) in [6.45, 7) is 2.56. The summed E-state index contributed by atoms with van der Waals surface area (Å²) in [4.78, 5) is 18.3. The lowest BCUT2D eigenvalue weighted by atomic mass is 10.0. The molecule has 0 aliphatic carbocycles. The monoisotopic (exact) mass is 338 g/mol. The Labute approximate surface area is 145 Å². The summed E-state index contributed by atoms with van der Waals surface area (Å²) < 4.78 is 5.86. The van der Waals surface area contributed by atoms with Gasteiger partial charge in [-0.3, -0.25) is 9.78 Å². The van der Waals surface area contributed by atoms with Crippen molar-refractivity contribution in [3.8, 4) is 17.0 Å². The molecule has 3 aromatic rings. The fraction of sp³-hybridized carbons (Fsp3) is 0.158. The Morgan fingerprint density at radius 1 is 1.04 bits per heavy atom. The molecule has 0 amide bonds. The molecule has 4 nitrogen and oxygen atoms in total. The van der Waals surface area contributed by atoms with Crippen LogP contribution in [0.2, 0.25) is 0 Å². The number of aromatic amines is 2. The van der Waals surface area contributed by atoms with Crippen molar-refractivity contribution in [1.82, 2.24) is 9.97 Å². The minimum atomic E-state index is -0.167. The smallest absolute Gasteiger partial charge is 0.255 e. The second-order valence-corrected chi connectivity index (χ2v) is 5.79. The van der Waals surface area contributed by atoms with Gasteiger partial charge in [0.2, 0.25) is 0 Å². The average Bonchev–Trinajstić information content (AvgIpc) is 2.58. The van der Waals surface area contributed by atoms with E-state index in [1.165, 1.54) is 0 Å². The van der Waals surface area contributed by atoms with Crippen LogP contribution in [-0.2, 0) is 6.42 Å². The quantitative estimate of drug-likeness (QED) is 0.689. The Morgan fingerprint density at radius 3 is 2.58 bits per heavy atom. The molecule has 0 fully saturated rings. The Bertz CT molecular complexity index is 945. The van der Waals surface area contributed by atoms with E-state index >= 15 is 0 Å². The van der Waals surface area contributed by atoms with Gasteiger partial charge in [0.15, 0.2) is 4.77 Å². The van der Waals surface area contributed by atoms with Crippen molar-refractivity contribution in [3.05, 3.63) is 80.8 Å². The van der Waals surface area contributed by atoms with Gasteiger partial charge in [-0.05, 0) is 42.4 Å². The van der Waals surface area contributed by atoms with Gasteiger partial charge < -0.3 is 9.72 Å². The molecule has 0 aliphatic heterocycles. The van der Waals surface area contributed by atoms with E-state index < -0.39 is 0 Å². The van der Waals surface area contributed by atoms with E-state index in [-0.39, 0.29) is 5.56 Å². The summed E-state index contributed by atoms with van der Waals surface area (Å²) in [6, 6.07) is 17.5. The zero-order chi connectivity index (χ0) is 16.9. The van der Waals surface area contributed by atoms with Crippen LogP contribution in [0.5, 0.6) is 5.75 Å². The molecule has 0 bridgehead atoms. The van der Waals surface area contributed by atoms with E-state index in [1.54, 1.807) is 0 Å². The lowest BCUT2D eigenvalue weighted by molar-refractivity contribution is 0.340. The van der Waals surface area contributed by atoms with Crippen LogP contribution >= 0.6 is 12.2 Å². The molecule has 122 valence electrons. The van der Waals surface area contributed by atoms with Gasteiger partial charge in [-0.2, -0.15) is 0 Å². The van der Waals surface area contributed by atoms with Crippen LogP contribution in [0.4, 0.5) is 0 Å². The number of rotatable bonds is 5. The van der Waals surface area contributed by atoms with Crippen molar-refractivity contribution in [2.75, 3.05) is 6.61 Å². The van der Waals surface area contributed by atoms with Crippen molar-refractivity contribution in [2.45, 2.75) is 13.3 Å². The van der Waals surface area contributed by atoms with Crippen LogP contribution in [0.25, 0.3) is 11.3 Å². The molecule has 0 radical (unpaired) electrons. The highest BCUT2D eigenvalue weighted by Gasteiger charge is 2.11. The highest BCUT2D eigenvalue weighted by atomic mass is 32.1. The van der Waals surface area contributed by atoms with E-state index in [2.05, 4.69) is 9.97 Å². The summed E-state index contributed by atoms with van der Waals surface area (Å²) in [5.41, 5.74) is 3.19. The van der Waals surface area contributed by atoms with Crippen LogP contribution in [-0.4, -0.2) is 16.6 Å². The fourth-order valence-electron chi connectivity index (χ4n) is 2.65. The summed E-state index contributed by atoms with van der Waals surface area (Å²) in [6.07, 6.45) is 0.493. The third kappa shape index (κ3) is 3.63. The molecule has 0 atom stereocenters. The molecule has 0 spiro atoms. The molecule has 24 heavy (non-hydrogen) atoms. The van der Waals surface area contributed by atoms with E-state index in [4.69, 9.17) is 17.0 Å². The Hall–Kier alpha value is -2.66. The van der Waals surface area contributed by atoms with E-state index in [0.29, 0.717) is 23.4 Å². The first kappa shape index (κ1) is 16.2. The first-order valence-corrected chi connectivity index (χ1v) is 8.21. The van der Waals surface area contributed by atoms with Crippen LogP contribution in [0, 0.1) is 4.77 Å². The standard InChI is InChI=1S/C19H18N2O2S/c1-2-23-15-10-6-7-13(11-15)12-16-17(14-8-4-3-5-9-14)20-19(24)21-18(16)22/h3-11H,2,12H2,1H3,(H2,20,21,22,24). The maximum atomic E-state index is 12.5. The summed E-state index contributed by atoms with van der Waals surface area (Å²) >= 11 is 5.14. The van der Waals surface area contributed by atoms with Gasteiger partial charge in [0.05, 0.1) is 12.3 Å². The van der Waals surface area contributed by atoms with Crippen molar-refractivity contribution < 1.29 is 4.74 Å². The second-order valence-electron chi connectivity index (χ2n) is 5.39. The zero-order valence-electron chi connectivity index (χ0n) is 13.3. The predicted octanol–water partition coefficient (Wildman–Crippen LogP) is 4.09. The van der Waals surface area contributed by atoms with Crippen LogP contribution < -0.4 is 10.3 Å². The maximum Gasteiger partial charge on any atom is 0.255 e. The molecular weight excluding hydrogens is 320 g/mol. The van der Waals surface area contributed by atoms with Crippen LogP contribution in [0.15, 0.2) is 59.4 Å². The Kier molecular flexibility index (Phi) is 4.91. The molecule has 0 unspecified atom stereocenters. The molecule has 5 heteroatoms. The van der Waals surface area contributed by atoms with Crippen molar-refractivity contribution >= 4 is 12.2 Å².